The number of hydrogen-bond acceptors (Lipinski definition) is 0. The van der Waals surface area contributed by atoms with Crippen LogP contribution in [0, 0.1) is 27.7 Å². The quantitative estimate of drug-likeness (QED) is 0.0409. The standard InChI is InChI=1S/C74H61N2.C7H8.C6H18NSi2.Mg/c1-52-44-46-63(47-45-52)74(75-72-64(68(55-28-12-4-13-29-55)56-30-14-5-15-31-56)48-53(2)49-65(72)69(57-32-16-6-17-33-57)58-34-18-7-19-35-58)76-73-66(70(59-36-20-8-21-37-59)60-38-22-9-23-39-60)50-54(3)51-67(73)71(61-40-24-10-25-41-61)62-42-26-11-27-43-62;1-7-5-3-2-4-6-7;1-8(2,3)7-9(4,5)6;/h4-51,68-71H,1-3H3;2-6H,1H3;1-6H3;/q-1;;-1;+2/p+1. The summed E-state index contributed by atoms with van der Waals surface area (Å²) in [5.41, 5.74) is 22.1. The fourth-order valence-electron chi connectivity index (χ4n) is 12.9. The zero-order chi connectivity index (χ0) is 64.5. The molecule has 93 heavy (non-hydrogen) atoms. The second-order valence-electron chi connectivity index (χ2n) is 26.2. The van der Waals surface area contributed by atoms with E-state index in [0.29, 0.717) is 0 Å². The van der Waals surface area contributed by atoms with Crippen LogP contribution in [-0.2, 0) is 0 Å². The van der Waals surface area contributed by atoms with E-state index in [0.717, 1.165) is 33.9 Å². The van der Waals surface area contributed by atoms with Crippen molar-refractivity contribution in [3.05, 3.63) is 426 Å². The molecular formula is C87H88MgN3Si2+. The Morgan fingerprint density at radius 1 is 0.280 bits per heavy atom. The predicted molar refractivity (Wildman–Crippen MR) is 404 cm³/mol. The van der Waals surface area contributed by atoms with Crippen molar-refractivity contribution in [1.29, 1.82) is 0 Å². The smallest absolute Gasteiger partial charge is 0.668 e. The molecule has 0 spiro atoms. The van der Waals surface area contributed by atoms with Gasteiger partial charge in [0.15, 0.2) is 0 Å². The largest absolute Gasteiger partial charge is 2.00 e. The summed E-state index contributed by atoms with van der Waals surface area (Å²) in [6, 6.07) is 117. The van der Waals surface area contributed by atoms with Crippen molar-refractivity contribution in [3.63, 3.8) is 0 Å². The van der Waals surface area contributed by atoms with Crippen LogP contribution in [0.15, 0.2) is 322 Å². The second-order valence-corrected chi connectivity index (χ2v) is 35.8. The van der Waals surface area contributed by atoms with Gasteiger partial charge in [0.1, 0.15) is 5.84 Å². The molecule has 1 N–H and O–H groups in total. The first-order valence-electron chi connectivity index (χ1n) is 32.4. The van der Waals surface area contributed by atoms with Gasteiger partial charge < -0.3 is 9.64 Å². The molecule has 460 valence electrons. The number of nitrogens with zero attached hydrogens (tertiary/aromatic N) is 2. The first kappa shape index (κ1) is 68.6. The molecule has 0 aromatic heterocycles. The molecule has 0 aliphatic heterocycles. The molecule has 12 rings (SSSR count). The number of nitrogens with one attached hydrogen (secondary N) is 1. The zero-order valence-electron chi connectivity index (χ0n) is 56.0. The maximum Gasteiger partial charge on any atom is 2.00 e. The van der Waals surface area contributed by atoms with Gasteiger partial charge in [-0.1, -0.05) is 400 Å². The summed E-state index contributed by atoms with van der Waals surface area (Å²) in [7, 11) is -2.21. The molecule has 0 bridgehead atoms. The van der Waals surface area contributed by atoms with Crippen molar-refractivity contribution < 1.29 is 4.99 Å². The van der Waals surface area contributed by atoms with E-state index in [1.165, 1.54) is 77.9 Å². The van der Waals surface area contributed by atoms with Crippen LogP contribution in [-0.4, -0.2) is 45.4 Å². The van der Waals surface area contributed by atoms with Crippen LogP contribution in [0.2, 0.25) is 39.3 Å². The van der Waals surface area contributed by atoms with Gasteiger partial charge in [-0.05, 0) is 94.5 Å². The van der Waals surface area contributed by atoms with Crippen LogP contribution in [0.4, 0.5) is 11.4 Å². The Morgan fingerprint density at radius 3 is 0.731 bits per heavy atom. The molecule has 0 saturated heterocycles. The molecule has 6 heteroatoms. The fourth-order valence-corrected chi connectivity index (χ4v) is 20.9. The van der Waals surface area contributed by atoms with Gasteiger partial charge in [-0.15, -0.1) is 0 Å². The molecule has 0 aliphatic rings. The predicted octanol–water partition coefficient (Wildman–Crippen LogP) is 21.8. The van der Waals surface area contributed by atoms with Gasteiger partial charge >= 0.3 is 23.1 Å². The second kappa shape index (κ2) is 32.7. The third kappa shape index (κ3) is 18.7. The molecule has 0 radical (unpaired) electrons. The van der Waals surface area contributed by atoms with Gasteiger partial charge in [-0.3, -0.25) is 0 Å². The molecule has 0 heterocycles. The van der Waals surface area contributed by atoms with E-state index in [9.17, 15) is 0 Å². The summed E-state index contributed by atoms with van der Waals surface area (Å²) in [6.07, 6.45) is 0. The molecule has 0 unspecified atom stereocenters. The van der Waals surface area contributed by atoms with Crippen LogP contribution in [0.5, 0.6) is 0 Å². The molecule has 0 saturated carbocycles. The minimum absolute atomic E-state index is 0. The summed E-state index contributed by atoms with van der Waals surface area (Å²) in [4.78, 5) is 4.32. The van der Waals surface area contributed by atoms with Crippen LogP contribution in [0.3, 0.4) is 0 Å². The summed E-state index contributed by atoms with van der Waals surface area (Å²) in [5, 5.41) is 6.26. The van der Waals surface area contributed by atoms with Gasteiger partial charge in [0.25, 0.3) is 0 Å². The first-order valence-corrected chi connectivity index (χ1v) is 39.3. The molecular weight excluding hydrogens is 1170 g/mol. The van der Waals surface area contributed by atoms with Crippen LogP contribution in [0.25, 0.3) is 9.96 Å². The number of rotatable bonds is 17. The van der Waals surface area contributed by atoms with Crippen LogP contribution < -0.4 is 4.99 Å². The van der Waals surface area contributed by atoms with Crippen molar-refractivity contribution in [2.24, 2.45) is 0 Å². The summed E-state index contributed by atoms with van der Waals surface area (Å²) in [6.45, 7) is 22.5. The Morgan fingerprint density at radius 2 is 0.505 bits per heavy atom. The van der Waals surface area contributed by atoms with Crippen molar-refractivity contribution in [1.82, 2.24) is 0 Å². The van der Waals surface area contributed by atoms with E-state index in [1.807, 2.05) is 18.2 Å². The average molecular weight is 1260 g/mol. The molecule has 12 aromatic carbocycles. The zero-order valence-corrected chi connectivity index (χ0v) is 59.4. The Balaban J connectivity index is 0.000000529. The van der Waals surface area contributed by atoms with Crippen molar-refractivity contribution >= 4 is 56.7 Å². The topological polar surface area (TPSA) is 42.2 Å². The number of hydrogen-bond donors (Lipinski definition) is 1. The van der Waals surface area contributed by atoms with E-state index in [-0.39, 0.29) is 46.7 Å². The van der Waals surface area contributed by atoms with E-state index in [4.69, 9.17) is 9.96 Å². The summed E-state index contributed by atoms with van der Waals surface area (Å²) < 4.78 is 4.82. The van der Waals surface area contributed by atoms with Crippen molar-refractivity contribution in [3.8, 4) is 0 Å². The van der Waals surface area contributed by atoms with Gasteiger partial charge in [-0.2, -0.15) is 0 Å². The minimum Gasteiger partial charge on any atom is -0.668 e. The Hall–Kier alpha value is -8.73. The Bertz CT molecular complexity index is 3860. The SMILES string of the molecule is C[Si](C)(C)[N-][Si](C)(C)C.Cc1ccc(C([N-]c2c(C(c3ccccc3)c3ccccc3)cc(C)cc2C(c2ccccc2)c2ccccc2)=[NH+]c2c(C(c3ccccc3)c3ccccc3)cc(C)cc2C(c2ccccc2)c2ccccc2)cc1.Cc1ccccc1.[Mg+2]. The van der Waals surface area contributed by atoms with Gasteiger partial charge in [0, 0.05) is 34.9 Å². The summed E-state index contributed by atoms with van der Waals surface area (Å²) in [5.74, 6) is 0.232. The van der Waals surface area contributed by atoms with Crippen LogP contribution in [0.1, 0.15) is 118 Å². The summed E-state index contributed by atoms with van der Waals surface area (Å²) >= 11 is 0. The average Bonchev–Trinajstić information content (AvgIpc) is 0.771. The Kier molecular flexibility index (Phi) is 24.1. The van der Waals surface area contributed by atoms with Gasteiger partial charge in [-0.25, -0.2) is 5.32 Å². The number of aryl methyl sites for hydroxylation is 4. The molecule has 0 amide bonds. The van der Waals surface area contributed by atoms with Gasteiger partial charge in [0.05, 0.1) is 5.69 Å². The molecule has 0 fully saturated rings. The maximum absolute atomic E-state index is 6.26. The van der Waals surface area contributed by atoms with Gasteiger partial charge in [0.2, 0.25) is 0 Å². The number of benzene rings is 12. The van der Waals surface area contributed by atoms with E-state index in [2.05, 4.69) is 375 Å². The Labute approximate surface area is 574 Å². The minimum atomic E-state index is -1.11. The third-order valence-corrected chi connectivity index (χ3v) is 21.7. The first-order chi connectivity index (χ1) is 44.6. The van der Waals surface area contributed by atoms with Crippen molar-refractivity contribution in [2.75, 3.05) is 0 Å². The fraction of sp³-hybridized carbons (Fsp3) is 0.161. The van der Waals surface area contributed by atoms with Crippen molar-refractivity contribution in [2.45, 2.75) is 90.6 Å². The van der Waals surface area contributed by atoms with E-state index < -0.39 is 16.5 Å². The van der Waals surface area contributed by atoms with E-state index >= 15 is 0 Å². The monoisotopic (exact) mass is 1250 g/mol. The van der Waals surface area contributed by atoms with Crippen LogP contribution >= 0.6 is 0 Å². The normalized spacial score (nSPS) is 11.5. The molecule has 0 atom stereocenters. The molecule has 3 nitrogen and oxygen atoms in total. The molecule has 0 aliphatic carbocycles. The maximum atomic E-state index is 6.26. The number of amidine groups is 1. The third-order valence-electron chi connectivity index (χ3n) is 16.4. The molecule has 12 aromatic rings. The van der Waals surface area contributed by atoms with E-state index in [1.54, 1.807) is 0 Å².